The van der Waals surface area contributed by atoms with E-state index in [1.165, 1.54) is 11.0 Å². The molecule has 0 saturated carbocycles. The minimum Gasteiger partial charge on any atom is -0.369 e. The van der Waals surface area contributed by atoms with Crippen LogP contribution < -0.4 is 10.6 Å². The summed E-state index contributed by atoms with van der Waals surface area (Å²) in [5, 5.41) is 9.71. The zero-order valence-electron chi connectivity index (χ0n) is 10.9. The fourth-order valence-electron chi connectivity index (χ4n) is 1.55. The smallest absolute Gasteiger partial charge is 0.261 e. The molecule has 0 aromatic carbocycles. The minimum atomic E-state index is -0.261. The summed E-state index contributed by atoms with van der Waals surface area (Å²) in [6.07, 6.45) is 3.99. The van der Waals surface area contributed by atoms with Crippen LogP contribution in [0.15, 0.2) is 24.7 Å². The Morgan fingerprint density at radius 2 is 2.26 bits per heavy atom. The van der Waals surface area contributed by atoms with Crippen molar-refractivity contribution in [1.82, 2.24) is 19.7 Å². The van der Waals surface area contributed by atoms with Gasteiger partial charge in [0, 0.05) is 19.8 Å². The van der Waals surface area contributed by atoms with Gasteiger partial charge in [0.05, 0.1) is 5.56 Å². The Bertz CT molecular complexity index is 565. The van der Waals surface area contributed by atoms with Crippen LogP contribution in [0.4, 0.5) is 11.8 Å². The number of nitrogens with zero attached hydrogens (tertiary/aromatic N) is 4. The van der Waals surface area contributed by atoms with Crippen LogP contribution in [0.2, 0.25) is 0 Å². The second-order valence-corrected chi connectivity index (χ2v) is 3.99. The summed E-state index contributed by atoms with van der Waals surface area (Å²) in [4.78, 5) is 20.3. The van der Waals surface area contributed by atoms with Crippen molar-refractivity contribution >= 4 is 17.7 Å². The maximum Gasteiger partial charge on any atom is 0.261 e. The van der Waals surface area contributed by atoms with Gasteiger partial charge in [-0.3, -0.25) is 10.1 Å². The van der Waals surface area contributed by atoms with Crippen molar-refractivity contribution in [3.63, 3.8) is 0 Å². The zero-order valence-corrected chi connectivity index (χ0v) is 10.9. The summed E-state index contributed by atoms with van der Waals surface area (Å²) in [6.45, 7) is 2.82. The van der Waals surface area contributed by atoms with Gasteiger partial charge in [0.1, 0.15) is 12.1 Å². The number of aryl methyl sites for hydroxylation is 1. The van der Waals surface area contributed by atoms with Crippen molar-refractivity contribution in [2.75, 3.05) is 17.2 Å². The second kappa shape index (κ2) is 5.94. The number of anilines is 2. The van der Waals surface area contributed by atoms with E-state index in [0.717, 1.165) is 13.0 Å². The first-order valence-electron chi connectivity index (χ1n) is 6.06. The molecule has 0 bridgehead atoms. The third-order valence-corrected chi connectivity index (χ3v) is 2.53. The minimum absolute atomic E-state index is 0.261. The van der Waals surface area contributed by atoms with E-state index in [0.29, 0.717) is 17.3 Å². The Morgan fingerprint density at radius 3 is 2.95 bits per heavy atom. The predicted octanol–water partition coefficient (Wildman–Crippen LogP) is 1.28. The molecule has 0 spiro atoms. The van der Waals surface area contributed by atoms with Crippen LogP contribution in [0, 0.1) is 0 Å². The van der Waals surface area contributed by atoms with E-state index in [9.17, 15) is 4.79 Å². The average Bonchev–Trinajstić information content (AvgIpc) is 2.82. The lowest BCUT2D eigenvalue weighted by Crippen LogP contribution is -2.18. The molecule has 0 unspecified atom stereocenters. The fraction of sp³-hybridized carbons (Fsp3) is 0.333. The fourth-order valence-corrected chi connectivity index (χ4v) is 1.55. The molecule has 0 radical (unpaired) electrons. The third-order valence-electron chi connectivity index (χ3n) is 2.53. The van der Waals surface area contributed by atoms with Gasteiger partial charge in [-0.25, -0.2) is 9.67 Å². The van der Waals surface area contributed by atoms with Gasteiger partial charge in [-0.15, -0.1) is 0 Å². The Labute approximate surface area is 111 Å². The van der Waals surface area contributed by atoms with E-state index >= 15 is 0 Å². The molecule has 0 aliphatic rings. The number of aromatic nitrogens is 4. The molecule has 2 heterocycles. The van der Waals surface area contributed by atoms with Gasteiger partial charge >= 0.3 is 0 Å². The Hall–Kier alpha value is -2.44. The molecule has 0 fully saturated rings. The van der Waals surface area contributed by atoms with E-state index in [4.69, 9.17) is 0 Å². The van der Waals surface area contributed by atoms with E-state index < -0.39 is 0 Å². The molecule has 7 heteroatoms. The van der Waals surface area contributed by atoms with E-state index in [1.54, 1.807) is 25.4 Å². The molecule has 7 nitrogen and oxygen atoms in total. The molecule has 2 aromatic rings. The highest BCUT2D eigenvalue weighted by molar-refractivity contribution is 6.06. The molecule has 19 heavy (non-hydrogen) atoms. The van der Waals surface area contributed by atoms with Crippen molar-refractivity contribution in [3.8, 4) is 0 Å². The van der Waals surface area contributed by atoms with Crippen molar-refractivity contribution in [2.24, 2.45) is 7.05 Å². The molecule has 2 rings (SSSR count). The maximum absolute atomic E-state index is 12.2. The molecule has 1 amide bonds. The summed E-state index contributed by atoms with van der Waals surface area (Å²) < 4.78 is 1.49. The summed E-state index contributed by atoms with van der Waals surface area (Å²) in [7, 11) is 1.71. The number of hydrogen-bond acceptors (Lipinski definition) is 5. The number of pyridine rings is 1. The molecular formula is C12H16N6O. The van der Waals surface area contributed by atoms with Crippen molar-refractivity contribution in [1.29, 1.82) is 0 Å². The summed E-state index contributed by atoms with van der Waals surface area (Å²) in [6, 6.07) is 3.44. The Kier molecular flexibility index (Phi) is 4.07. The van der Waals surface area contributed by atoms with Gasteiger partial charge < -0.3 is 5.32 Å². The van der Waals surface area contributed by atoms with Crippen LogP contribution in [0.1, 0.15) is 23.7 Å². The Balaban J connectivity index is 2.17. The molecule has 0 saturated heterocycles. The van der Waals surface area contributed by atoms with Gasteiger partial charge in [0.15, 0.2) is 0 Å². The lowest BCUT2D eigenvalue weighted by molar-refractivity contribution is 0.102. The SMILES string of the molecule is CCCNc1ncccc1C(=O)Nc1ncnn1C. The number of carbonyl (C=O) groups is 1. The van der Waals surface area contributed by atoms with E-state index in [2.05, 4.69) is 32.6 Å². The molecule has 2 N–H and O–H groups in total. The second-order valence-electron chi connectivity index (χ2n) is 3.99. The van der Waals surface area contributed by atoms with Gasteiger partial charge in [-0.2, -0.15) is 10.1 Å². The standard InChI is InChI=1S/C12H16N6O/c1-3-6-13-10-9(5-4-7-14-10)11(19)17-12-15-8-16-18(12)2/h4-5,7-8H,3,6H2,1-2H3,(H,13,14)(H,15,16,17,19). The molecule has 100 valence electrons. The maximum atomic E-state index is 12.2. The Morgan fingerprint density at radius 1 is 1.42 bits per heavy atom. The lowest BCUT2D eigenvalue weighted by Gasteiger charge is -2.09. The number of nitrogens with one attached hydrogen (secondary N) is 2. The van der Waals surface area contributed by atoms with Crippen LogP contribution in [0.3, 0.4) is 0 Å². The van der Waals surface area contributed by atoms with Crippen LogP contribution in [0.25, 0.3) is 0 Å². The van der Waals surface area contributed by atoms with Crippen LogP contribution in [-0.2, 0) is 7.05 Å². The van der Waals surface area contributed by atoms with Gasteiger partial charge in [-0.1, -0.05) is 6.92 Å². The monoisotopic (exact) mass is 260 g/mol. The van der Waals surface area contributed by atoms with Crippen LogP contribution >= 0.6 is 0 Å². The summed E-state index contributed by atoms with van der Waals surface area (Å²) in [5.41, 5.74) is 0.485. The van der Waals surface area contributed by atoms with Gasteiger partial charge in [0.2, 0.25) is 5.95 Å². The van der Waals surface area contributed by atoms with Gasteiger partial charge in [-0.05, 0) is 18.6 Å². The highest BCUT2D eigenvalue weighted by Crippen LogP contribution is 2.13. The first-order chi connectivity index (χ1) is 9.22. The number of rotatable bonds is 5. The summed E-state index contributed by atoms with van der Waals surface area (Å²) >= 11 is 0. The number of carbonyl (C=O) groups excluding carboxylic acids is 1. The summed E-state index contributed by atoms with van der Waals surface area (Å²) in [5.74, 6) is 0.710. The van der Waals surface area contributed by atoms with Crippen molar-refractivity contribution < 1.29 is 4.79 Å². The zero-order chi connectivity index (χ0) is 13.7. The first-order valence-corrected chi connectivity index (χ1v) is 6.06. The normalized spacial score (nSPS) is 10.2. The lowest BCUT2D eigenvalue weighted by atomic mass is 10.2. The van der Waals surface area contributed by atoms with Crippen molar-refractivity contribution in [2.45, 2.75) is 13.3 Å². The molecule has 0 atom stereocenters. The van der Waals surface area contributed by atoms with E-state index in [-0.39, 0.29) is 5.91 Å². The third kappa shape index (κ3) is 3.06. The molecule has 2 aromatic heterocycles. The highest BCUT2D eigenvalue weighted by atomic mass is 16.1. The number of hydrogen-bond donors (Lipinski definition) is 2. The van der Waals surface area contributed by atoms with Crippen LogP contribution in [0.5, 0.6) is 0 Å². The highest BCUT2D eigenvalue weighted by Gasteiger charge is 2.14. The topological polar surface area (TPSA) is 84.7 Å². The predicted molar refractivity (Wildman–Crippen MR) is 72.0 cm³/mol. The molecular weight excluding hydrogens is 244 g/mol. The van der Waals surface area contributed by atoms with E-state index in [1.807, 2.05) is 0 Å². The van der Waals surface area contributed by atoms with Crippen molar-refractivity contribution in [3.05, 3.63) is 30.2 Å². The average molecular weight is 260 g/mol. The molecule has 0 aliphatic carbocycles. The molecule has 0 aliphatic heterocycles. The van der Waals surface area contributed by atoms with Crippen LogP contribution in [-0.4, -0.2) is 32.2 Å². The van der Waals surface area contributed by atoms with Gasteiger partial charge in [0.25, 0.3) is 5.91 Å². The number of amides is 1. The quantitative estimate of drug-likeness (QED) is 0.846. The largest absolute Gasteiger partial charge is 0.369 e. The first kappa shape index (κ1) is 13.0.